The number of imide groups is 2. The fourth-order valence-electron chi connectivity index (χ4n) is 4.57. The quantitative estimate of drug-likeness (QED) is 0.719. The van der Waals surface area contributed by atoms with Crippen molar-refractivity contribution in [1.29, 1.82) is 0 Å². The van der Waals surface area contributed by atoms with Crippen molar-refractivity contribution in [2.24, 2.45) is 0 Å². The third-order valence-corrected chi connectivity index (χ3v) is 6.35. The number of amides is 4. The van der Waals surface area contributed by atoms with Crippen molar-refractivity contribution < 1.29 is 23.9 Å². The first kappa shape index (κ1) is 20.4. The Morgan fingerprint density at radius 1 is 1.09 bits per heavy atom. The highest BCUT2D eigenvalue weighted by molar-refractivity contribution is 6.25. The molecular weight excluding hydrogens is 414 g/mol. The van der Waals surface area contributed by atoms with Gasteiger partial charge in [0.15, 0.2) is 0 Å². The maximum Gasteiger partial charge on any atom is 0.264 e. The minimum atomic E-state index is -0.991. The molecule has 1 unspecified atom stereocenters. The van der Waals surface area contributed by atoms with E-state index in [1.54, 1.807) is 24.4 Å². The molecular formula is C22H23N5O5. The van der Waals surface area contributed by atoms with Crippen LogP contribution in [-0.2, 0) is 14.3 Å². The van der Waals surface area contributed by atoms with Gasteiger partial charge >= 0.3 is 0 Å². The molecule has 1 aromatic heterocycles. The number of anilines is 2. The second-order valence-electron chi connectivity index (χ2n) is 8.23. The Labute approximate surface area is 184 Å². The van der Waals surface area contributed by atoms with Crippen LogP contribution in [0.5, 0.6) is 0 Å². The first-order valence-electron chi connectivity index (χ1n) is 10.7. The Morgan fingerprint density at radius 2 is 1.88 bits per heavy atom. The standard InChI is InChI=1S/C22H23N5O5/c1-25(14-11-23-26(12-14)13-7-9-32-10-8-13)16-4-2-3-15-19(16)22(31)27(21(15)30)17-5-6-18(28)24-20(17)29/h2-4,11-13,17H,5-10H2,1H3,(H,24,28,29). The minimum Gasteiger partial charge on any atom is -0.381 e. The fraction of sp³-hybridized carbons (Fsp3) is 0.409. The van der Waals surface area contributed by atoms with E-state index < -0.39 is 29.7 Å². The van der Waals surface area contributed by atoms with E-state index in [0.29, 0.717) is 18.9 Å². The van der Waals surface area contributed by atoms with Gasteiger partial charge in [-0.05, 0) is 31.4 Å². The highest BCUT2D eigenvalue weighted by Gasteiger charge is 2.46. The van der Waals surface area contributed by atoms with Crippen molar-refractivity contribution in [2.75, 3.05) is 25.2 Å². The zero-order valence-electron chi connectivity index (χ0n) is 17.6. The zero-order chi connectivity index (χ0) is 22.4. The van der Waals surface area contributed by atoms with E-state index in [-0.39, 0.29) is 30.0 Å². The molecule has 1 N–H and O–H groups in total. The summed E-state index contributed by atoms with van der Waals surface area (Å²) in [5.74, 6) is -2.07. The highest BCUT2D eigenvalue weighted by atomic mass is 16.5. The molecule has 0 bridgehead atoms. The van der Waals surface area contributed by atoms with Crippen LogP contribution in [0.15, 0.2) is 30.6 Å². The summed E-state index contributed by atoms with van der Waals surface area (Å²) in [4.78, 5) is 53.0. The van der Waals surface area contributed by atoms with Gasteiger partial charge in [-0.25, -0.2) is 0 Å². The number of carbonyl (C=O) groups excluding carboxylic acids is 4. The molecule has 10 nitrogen and oxygen atoms in total. The summed E-state index contributed by atoms with van der Waals surface area (Å²) in [5.41, 5.74) is 1.84. The Kier molecular flexibility index (Phi) is 5.01. The van der Waals surface area contributed by atoms with Gasteiger partial charge in [0.25, 0.3) is 11.8 Å². The smallest absolute Gasteiger partial charge is 0.264 e. The van der Waals surface area contributed by atoms with Crippen LogP contribution in [0.1, 0.15) is 52.4 Å². The summed E-state index contributed by atoms with van der Waals surface area (Å²) in [6.07, 6.45) is 5.64. The van der Waals surface area contributed by atoms with Crippen LogP contribution in [0.25, 0.3) is 0 Å². The van der Waals surface area contributed by atoms with Gasteiger partial charge < -0.3 is 9.64 Å². The van der Waals surface area contributed by atoms with Gasteiger partial charge in [-0.3, -0.25) is 34.1 Å². The minimum absolute atomic E-state index is 0.0853. The number of hydrogen-bond acceptors (Lipinski definition) is 7. The Bertz CT molecular complexity index is 1120. The number of ether oxygens (including phenoxy) is 1. The van der Waals surface area contributed by atoms with Crippen LogP contribution in [0.3, 0.4) is 0 Å². The van der Waals surface area contributed by atoms with Gasteiger partial charge in [-0.1, -0.05) is 6.07 Å². The Balaban J connectivity index is 1.45. The van der Waals surface area contributed by atoms with Gasteiger partial charge in [0.05, 0.1) is 34.7 Å². The molecule has 1 aromatic carbocycles. The topological polar surface area (TPSA) is 114 Å². The molecule has 32 heavy (non-hydrogen) atoms. The lowest BCUT2D eigenvalue weighted by molar-refractivity contribution is -0.136. The largest absolute Gasteiger partial charge is 0.381 e. The third kappa shape index (κ3) is 3.27. The molecule has 4 heterocycles. The maximum atomic E-state index is 13.3. The molecule has 2 fully saturated rings. The number of benzene rings is 1. The van der Waals surface area contributed by atoms with E-state index in [0.717, 1.165) is 23.4 Å². The average Bonchev–Trinajstić information content (AvgIpc) is 3.39. The highest BCUT2D eigenvalue weighted by Crippen LogP contribution is 2.36. The average molecular weight is 437 g/mol. The number of nitrogens with zero attached hydrogens (tertiary/aromatic N) is 4. The van der Waals surface area contributed by atoms with Crippen molar-refractivity contribution in [3.05, 3.63) is 41.7 Å². The van der Waals surface area contributed by atoms with E-state index in [9.17, 15) is 19.2 Å². The van der Waals surface area contributed by atoms with Crippen molar-refractivity contribution in [2.45, 2.75) is 37.8 Å². The van der Waals surface area contributed by atoms with Crippen LogP contribution in [0, 0.1) is 0 Å². The van der Waals surface area contributed by atoms with Gasteiger partial charge in [-0.15, -0.1) is 0 Å². The lowest BCUT2D eigenvalue weighted by Gasteiger charge is -2.28. The van der Waals surface area contributed by atoms with Crippen LogP contribution >= 0.6 is 0 Å². The molecule has 3 aliphatic rings. The second kappa shape index (κ2) is 7.86. The molecule has 166 valence electrons. The summed E-state index contributed by atoms with van der Waals surface area (Å²) in [7, 11) is 1.81. The molecule has 0 aliphatic carbocycles. The normalized spacial score (nSPS) is 21.7. The van der Waals surface area contributed by atoms with Crippen molar-refractivity contribution in [3.8, 4) is 0 Å². The summed E-state index contributed by atoms with van der Waals surface area (Å²) in [6, 6.07) is 4.34. The molecule has 5 rings (SSSR count). The Hall–Kier alpha value is -3.53. The number of aromatic nitrogens is 2. The molecule has 0 saturated carbocycles. The van der Waals surface area contributed by atoms with Gasteiger partial charge in [0.2, 0.25) is 11.8 Å². The van der Waals surface area contributed by atoms with E-state index in [4.69, 9.17) is 4.74 Å². The molecule has 1 atom stereocenters. The predicted molar refractivity (Wildman–Crippen MR) is 112 cm³/mol. The van der Waals surface area contributed by atoms with Gasteiger partial charge in [-0.2, -0.15) is 5.10 Å². The zero-order valence-corrected chi connectivity index (χ0v) is 17.6. The van der Waals surface area contributed by atoms with Crippen LogP contribution in [0.4, 0.5) is 11.4 Å². The van der Waals surface area contributed by atoms with Gasteiger partial charge in [0.1, 0.15) is 6.04 Å². The van der Waals surface area contributed by atoms with E-state index in [2.05, 4.69) is 10.4 Å². The number of hydrogen-bond donors (Lipinski definition) is 1. The van der Waals surface area contributed by atoms with E-state index in [1.807, 2.05) is 22.8 Å². The number of piperidine rings is 1. The van der Waals surface area contributed by atoms with Gasteiger partial charge in [0, 0.05) is 32.9 Å². The van der Waals surface area contributed by atoms with Crippen molar-refractivity contribution >= 4 is 35.0 Å². The van der Waals surface area contributed by atoms with Crippen molar-refractivity contribution in [3.63, 3.8) is 0 Å². The Morgan fingerprint density at radius 3 is 2.62 bits per heavy atom. The molecule has 2 aromatic rings. The molecule has 10 heteroatoms. The molecule has 0 spiro atoms. The molecule has 3 aliphatic heterocycles. The monoisotopic (exact) mass is 437 g/mol. The maximum absolute atomic E-state index is 13.3. The third-order valence-electron chi connectivity index (χ3n) is 6.35. The fourth-order valence-corrected chi connectivity index (χ4v) is 4.57. The van der Waals surface area contributed by atoms with Crippen molar-refractivity contribution in [1.82, 2.24) is 20.0 Å². The van der Waals surface area contributed by atoms with E-state index in [1.165, 1.54) is 0 Å². The van der Waals surface area contributed by atoms with Crippen LogP contribution < -0.4 is 10.2 Å². The number of carbonyl (C=O) groups is 4. The predicted octanol–water partition coefficient (Wildman–Crippen LogP) is 1.40. The van der Waals surface area contributed by atoms with Crippen LogP contribution in [-0.4, -0.2) is 64.6 Å². The summed E-state index contributed by atoms with van der Waals surface area (Å²) in [6.45, 7) is 1.41. The van der Waals surface area contributed by atoms with E-state index >= 15 is 0 Å². The molecule has 0 radical (unpaired) electrons. The SMILES string of the molecule is CN(c1cnn(C2CCOCC2)c1)c1cccc2c1C(=O)N(C1CCC(=O)NC1=O)C2=O. The number of rotatable bonds is 4. The molecule has 2 saturated heterocycles. The number of nitrogens with one attached hydrogen (secondary N) is 1. The molecule has 4 amide bonds. The second-order valence-corrected chi connectivity index (χ2v) is 8.23. The lowest BCUT2D eigenvalue weighted by Crippen LogP contribution is -2.54. The lowest BCUT2D eigenvalue weighted by atomic mass is 10.0. The first-order valence-corrected chi connectivity index (χ1v) is 10.7. The van der Waals surface area contributed by atoms with Crippen LogP contribution in [0.2, 0.25) is 0 Å². The summed E-state index contributed by atoms with van der Waals surface area (Å²) in [5, 5.41) is 6.71. The number of fused-ring (bicyclic) bond motifs is 1. The summed E-state index contributed by atoms with van der Waals surface area (Å²) >= 11 is 0. The summed E-state index contributed by atoms with van der Waals surface area (Å²) < 4.78 is 7.33. The first-order chi connectivity index (χ1) is 15.5.